The summed E-state index contributed by atoms with van der Waals surface area (Å²) < 4.78 is 37.4. The molecule has 0 spiro atoms. The van der Waals surface area contributed by atoms with Gasteiger partial charge in [-0.2, -0.15) is 13.2 Å². The molecule has 2 N–H and O–H groups in total. The van der Waals surface area contributed by atoms with Crippen LogP contribution in [0.4, 0.5) is 19.1 Å². The highest BCUT2D eigenvalue weighted by molar-refractivity contribution is 5.27. The van der Waals surface area contributed by atoms with Gasteiger partial charge in [-0.3, -0.25) is 0 Å². The van der Waals surface area contributed by atoms with Gasteiger partial charge in [0.25, 0.3) is 0 Å². The van der Waals surface area contributed by atoms with Gasteiger partial charge in [0.1, 0.15) is 5.69 Å². The zero-order chi connectivity index (χ0) is 13.8. The molecule has 0 radical (unpaired) electrons. The molecule has 1 atom stereocenters. The van der Waals surface area contributed by atoms with Crippen molar-refractivity contribution < 1.29 is 18.3 Å². The summed E-state index contributed by atoms with van der Waals surface area (Å²) in [5.74, 6) is 0.0762. The number of halogens is 3. The third kappa shape index (κ3) is 4.14. The number of anilines is 1. The summed E-state index contributed by atoms with van der Waals surface area (Å²) in [5, 5.41) is 11.7. The Kier molecular flexibility index (Phi) is 4.89. The summed E-state index contributed by atoms with van der Waals surface area (Å²) in [5.41, 5.74) is -0.980. The van der Waals surface area contributed by atoms with Gasteiger partial charge in [-0.1, -0.05) is 13.8 Å². The minimum atomic E-state index is -4.48. The van der Waals surface area contributed by atoms with E-state index < -0.39 is 11.9 Å². The van der Waals surface area contributed by atoms with Crippen molar-refractivity contribution in [3.8, 4) is 0 Å². The Balaban J connectivity index is 2.83. The average Bonchev–Trinajstić information content (AvgIpc) is 2.27. The molecule has 1 unspecified atom stereocenters. The zero-order valence-electron chi connectivity index (χ0n) is 10.2. The van der Waals surface area contributed by atoms with Crippen LogP contribution < -0.4 is 5.32 Å². The molecule has 0 fully saturated rings. The highest BCUT2D eigenvalue weighted by Crippen LogP contribution is 2.27. The van der Waals surface area contributed by atoms with Crippen molar-refractivity contribution >= 4 is 5.95 Å². The highest BCUT2D eigenvalue weighted by atomic mass is 19.4. The fourth-order valence-corrected chi connectivity index (χ4v) is 1.46. The third-order valence-corrected chi connectivity index (χ3v) is 2.51. The lowest BCUT2D eigenvalue weighted by atomic mass is 10.0. The Morgan fingerprint density at radius 1 is 1.39 bits per heavy atom. The largest absolute Gasteiger partial charge is 0.433 e. The Morgan fingerprint density at radius 2 is 2.06 bits per heavy atom. The lowest BCUT2D eigenvalue weighted by Gasteiger charge is -2.21. The molecule has 0 aliphatic rings. The summed E-state index contributed by atoms with van der Waals surface area (Å²) in [6.07, 6.45) is -2.99. The van der Waals surface area contributed by atoms with Crippen LogP contribution in [0.15, 0.2) is 12.3 Å². The molecule has 0 saturated heterocycles. The van der Waals surface area contributed by atoms with Gasteiger partial charge in [0.05, 0.1) is 0 Å². The fraction of sp³-hybridized carbons (Fsp3) is 0.636. The first kappa shape index (κ1) is 14.7. The molecule has 1 aromatic rings. The van der Waals surface area contributed by atoms with Gasteiger partial charge in [0, 0.05) is 18.8 Å². The van der Waals surface area contributed by atoms with Crippen molar-refractivity contribution in [1.82, 2.24) is 9.97 Å². The third-order valence-electron chi connectivity index (χ3n) is 2.51. The van der Waals surface area contributed by atoms with Crippen LogP contribution in [0.1, 0.15) is 26.0 Å². The molecule has 7 heteroatoms. The maximum atomic E-state index is 12.5. The van der Waals surface area contributed by atoms with E-state index in [1.165, 1.54) is 0 Å². The average molecular weight is 263 g/mol. The number of aromatic nitrogens is 2. The molecule has 0 aliphatic carbocycles. The molecule has 4 nitrogen and oxygen atoms in total. The first-order chi connectivity index (χ1) is 8.34. The second-order valence-corrected chi connectivity index (χ2v) is 4.27. The molecule has 0 amide bonds. The topological polar surface area (TPSA) is 58.0 Å². The number of nitrogens with one attached hydrogen (secondary N) is 1. The second kappa shape index (κ2) is 5.99. The van der Waals surface area contributed by atoms with Crippen LogP contribution in [-0.2, 0) is 6.18 Å². The molecule has 0 aliphatic heterocycles. The van der Waals surface area contributed by atoms with Crippen molar-refractivity contribution in [2.24, 2.45) is 5.92 Å². The van der Waals surface area contributed by atoms with E-state index >= 15 is 0 Å². The van der Waals surface area contributed by atoms with E-state index in [9.17, 15) is 13.2 Å². The van der Waals surface area contributed by atoms with E-state index in [0.29, 0.717) is 6.42 Å². The van der Waals surface area contributed by atoms with Gasteiger partial charge < -0.3 is 10.4 Å². The summed E-state index contributed by atoms with van der Waals surface area (Å²) in [6, 6.07) is 0.653. The Morgan fingerprint density at radius 3 is 2.56 bits per heavy atom. The van der Waals surface area contributed by atoms with Crippen LogP contribution in [0, 0.1) is 5.92 Å². The van der Waals surface area contributed by atoms with Crippen LogP contribution in [-0.4, -0.2) is 27.7 Å². The smallest absolute Gasteiger partial charge is 0.396 e. The van der Waals surface area contributed by atoms with Crippen LogP contribution >= 0.6 is 0 Å². The molecule has 18 heavy (non-hydrogen) atoms. The van der Waals surface area contributed by atoms with Crippen LogP contribution in [0.25, 0.3) is 0 Å². The summed E-state index contributed by atoms with van der Waals surface area (Å²) >= 11 is 0. The van der Waals surface area contributed by atoms with Crippen molar-refractivity contribution in [3.63, 3.8) is 0 Å². The van der Waals surface area contributed by atoms with Crippen molar-refractivity contribution in [1.29, 1.82) is 0 Å². The normalized spacial score (nSPS) is 13.7. The van der Waals surface area contributed by atoms with Gasteiger partial charge in [-0.25, -0.2) is 9.97 Å². The van der Waals surface area contributed by atoms with E-state index in [1.807, 2.05) is 13.8 Å². The number of nitrogens with zero attached hydrogens (tertiary/aromatic N) is 2. The van der Waals surface area contributed by atoms with Gasteiger partial charge in [0.15, 0.2) is 0 Å². The number of aliphatic hydroxyl groups excluding tert-OH is 1. The molecule has 0 bridgehead atoms. The van der Waals surface area contributed by atoms with E-state index in [2.05, 4.69) is 15.3 Å². The van der Waals surface area contributed by atoms with Gasteiger partial charge in [-0.15, -0.1) is 0 Å². The van der Waals surface area contributed by atoms with E-state index in [-0.39, 0.29) is 24.5 Å². The Labute approximate surface area is 103 Å². The van der Waals surface area contributed by atoms with E-state index in [4.69, 9.17) is 5.11 Å². The molecule has 1 aromatic heterocycles. The molecule has 1 rings (SSSR count). The molecule has 0 saturated carbocycles. The van der Waals surface area contributed by atoms with Crippen molar-refractivity contribution in [2.75, 3.05) is 11.9 Å². The Hall–Kier alpha value is -1.37. The van der Waals surface area contributed by atoms with Crippen LogP contribution in [0.5, 0.6) is 0 Å². The standard InChI is InChI=1S/C11H16F3N3O/c1-7(2)8(4-6-18)16-10-15-5-3-9(17-10)11(12,13)14/h3,5,7-8,18H,4,6H2,1-2H3,(H,15,16,17). The minimum absolute atomic E-state index is 0.0468. The number of rotatable bonds is 5. The monoisotopic (exact) mass is 263 g/mol. The SMILES string of the molecule is CC(C)C(CCO)Nc1nccc(C(F)(F)F)n1. The van der Waals surface area contributed by atoms with E-state index in [0.717, 1.165) is 12.3 Å². The lowest BCUT2D eigenvalue weighted by molar-refractivity contribution is -0.141. The Bertz CT molecular complexity index is 382. The van der Waals surface area contributed by atoms with Crippen molar-refractivity contribution in [2.45, 2.75) is 32.5 Å². The molecular formula is C11H16F3N3O. The number of hydrogen-bond donors (Lipinski definition) is 2. The summed E-state index contributed by atoms with van der Waals surface area (Å²) in [4.78, 5) is 7.17. The predicted molar refractivity (Wildman–Crippen MR) is 61.0 cm³/mol. The second-order valence-electron chi connectivity index (χ2n) is 4.27. The maximum Gasteiger partial charge on any atom is 0.433 e. The number of alkyl halides is 3. The van der Waals surface area contributed by atoms with Gasteiger partial charge >= 0.3 is 6.18 Å². The first-order valence-corrected chi connectivity index (χ1v) is 5.62. The highest BCUT2D eigenvalue weighted by Gasteiger charge is 2.33. The van der Waals surface area contributed by atoms with Crippen molar-refractivity contribution in [3.05, 3.63) is 18.0 Å². The fourth-order valence-electron chi connectivity index (χ4n) is 1.46. The predicted octanol–water partition coefficient (Wildman–Crippen LogP) is 2.31. The molecule has 0 aromatic carbocycles. The number of aliphatic hydroxyl groups is 1. The molecule has 1 heterocycles. The van der Waals surface area contributed by atoms with Crippen LogP contribution in [0.3, 0.4) is 0 Å². The maximum absolute atomic E-state index is 12.5. The first-order valence-electron chi connectivity index (χ1n) is 5.62. The van der Waals surface area contributed by atoms with Gasteiger partial charge in [0.2, 0.25) is 5.95 Å². The van der Waals surface area contributed by atoms with Crippen LogP contribution in [0.2, 0.25) is 0 Å². The molecular weight excluding hydrogens is 247 g/mol. The zero-order valence-corrected chi connectivity index (χ0v) is 10.2. The van der Waals surface area contributed by atoms with Gasteiger partial charge in [-0.05, 0) is 18.4 Å². The molecule has 102 valence electrons. The quantitative estimate of drug-likeness (QED) is 0.856. The minimum Gasteiger partial charge on any atom is -0.396 e. The summed E-state index contributed by atoms with van der Waals surface area (Å²) in [6.45, 7) is 3.76. The lowest BCUT2D eigenvalue weighted by Crippen LogP contribution is -2.28. The number of hydrogen-bond acceptors (Lipinski definition) is 4. The summed E-state index contributed by atoms with van der Waals surface area (Å²) in [7, 11) is 0. The van der Waals surface area contributed by atoms with E-state index in [1.54, 1.807) is 0 Å².